The van der Waals surface area contributed by atoms with Gasteiger partial charge in [0.15, 0.2) is 11.6 Å². The molecule has 3 aromatic carbocycles. The molecule has 12 atom stereocenters. The number of benzene rings is 3. The van der Waals surface area contributed by atoms with E-state index in [0.717, 1.165) is 12.1 Å². The Morgan fingerprint density at radius 3 is 1.87 bits per heavy atom. The van der Waals surface area contributed by atoms with Gasteiger partial charge in [0, 0.05) is 61.7 Å². The lowest BCUT2D eigenvalue weighted by molar-refractivity contribution is -0.140. The van der Waals surface area contributed by atoms with E-state index in [1.807, 2.05) is 12.2 Å². The molecule has 0 fully saturated rings. The fourth-order valence-electron chi connectivity index (χ4n) is 12.7. The topological polar surface area (TPSA) is 531 Å². The number of nitrogens with two attached hydrogens (primary N) is 3. The second-order valence-corrected chi connectivity index (χ2v) is 29.4. The van der Waals surface area contributed by atoms with Crippen LogP contribution in [0.5, 0.6) is 5.75 Å². The number of aliphatic hydroxyl groups is 1. The number of fused-ring (bicyclic) bond motifs is 1. The van der Waals surface area contributed by atoms with Gasteiger partial charge in [0.1, 0.15) is 58.9 Å². The van der Waals surface area contributed by atoms with Gasteiger partial charge < -0.3 is 95.5 Å². The Hall–Kier alpha value is -10.9. The van der Waals surface area contributed by atoms with Gasteiger partial charge in [0.05, 0.1) is 24.6 Å². The number of aromatic hydroxyl groups is 1. The van der Waals surface area contributed by atoms with Gasteiger partial charge in [-0.05, 0) is 166 Å². The second kappa shape index (κ2) is 46.2. The van der Waals surface area contributed by atoms with Crippen LogP contribution in [-0.2, 0) is 91.2 Å². The molecule has 113 heavy (non-hydrogen) atoms. The fraction of sp³-hybridized carbons (Fsp3) is 0.532. The standard InChI is InChI=1S/C78H107F2N13O18.CH5N/c1-43(2)34-52-41-84-58(28-30-63(81)97)66(101)65(100)45(4)85-72(107)61(39-51-40-83-57-21-17-16-20-54(51)57)89-73(108)60(38-48-22-25-53(96)26-23-48)88-71(106)59(29-31-64(98)99)90-75(110)77(7,92-69(104)50(35-44(3)95)36-49-24-27-55(79)56(80)37-49)32-18-14-12-10-9-11-13-15-19-33-78(8,93-70(52)105)76(111)91-62(42-94)74(109)87-47(6)68(103)86-46(5)67(82)102;1-2/h11,13,16-17,20-27,37,40,43,45-47,50,52,58-62,83-84,94,96H,9-10,12,14-15,18-19,28-36,38-39,41-42H2,1-8H3,(H2,81,97)(H2,82,102)(H,85,107)(H,86,103)(H,87,109)(H,88,106)(H,89,108)(H,90,110)(H,91,111)(H,92,104)(H,93,105)(H,98,99);2H2,1H3/b13-11+;/t45?,46?,47-,50-,52+,58-,59-,60?,61-,62?,77+,78-;/m0./s1. The number of aromatic nitrogens is 1. The van der Waals surface area contributed by atoms with E-state index in [2.05, 4.69) is 63.9 Å². The Morgan fingerprint density at radius 2 is 1.25 bits per heavy atom. The van der Waals surface area contributed by atoms with E-state index in [4.69, 9.17) is 11.5 Å². The molecule has 20 N–H and O–H groups in total. The average Bonchev–Trinajstić information content (AvgIpc) is 0.985. The molecule has 0 aliphatic carbocycles. The molecule has 5 rings (SSSR count). The van der Waals surface area contributed by atoms with Crippen molar-refractivity contribution in [3.63, 3.8) is 0 Å². The van der Waals surface area contributed by atoms with Crippen molar-refractivity contribution in [1.29, 1.82) is 0 Å². The predicted molar refractivity (Wildman–Crippen MR) is 413 cm³/mol. The Labute approximate surface area is 655 Å². The van der Waals surface area contributed by atoms with Crippen LogP contribution < -0.4 is 70.4 Å². The Kier molecular flexibility index (Phi) is 38.6. The van der Waals surface area contributed by atoms with Gasteiger partial charge in [-0.15, -0.1) is 0 Å². The number of hydrogen-bond acceptors (Lipinski definition) is 19. The van der Waals surface area contributed by atoms with Crippen LogP contribution in [0.25, 0.3) is 10.9 Å². The van der Waals surface area contributed by atoms with Gasteiger partial charge in [0.25, 0.3) is 0 Å². The van der Waals surface area contributed by atoms with Crippen molar-refractivity contribution in [3.8, 4) is 5.75 Å². The minimum absolute atomic E-state index is 0.0956. The number of H-pyrrole nitrogens is 1. The number of aliphatic hydroxyl groups excluding tert-OH is 1. The minimum atomic E-state index is -1.97. The summed E-state index contributed by atoms with van der Waals surface area (Å²) in [5.41, 5.74) is 13.1. The molecule has 620 valence electrons. The van der Waals surface area contributed by atoms with Crippen molar-refractivity contribution in [3.05, 3.63) is 113 Å². The number of para-hydroxylation sites is 1. The van der Waals surface area contributed by atoms with E-state index in [1.54, 1.807) is 44.3 Å². The van der Waals surface area contributed by atoms with E-state index in [1.165, 1.54) is 78.9 Å². The molecule has 0 bridgehead atoms. The van der Waals surface area contributed by atoms with Crippen LogP contribution in [0.4, 0.5) is 8.78 Å². The van der Waals surface area contributed by atoms with Crippen LogP contribution >= 0.6 is 0 Å². The number of carbonyl (C=O) groups is 15. The van der Waals surface area contributed by atoms with E-state index in [9.17, 15) is 86.4 Å². The third-order valence-electron chi connectivity index (χ3n) is 19.3. The molecule has 0 spiro atoms. The predicted octanol–water partition coefficient (Wildman–Crippen LogP) is 2.00. The molecule has 4 aromatic rings. The fourth-order valence-corrected chi connectivity index (χ4v) is 12.7. The number of primary amides is 2. The van der Waals surface area contributed by atoms with Gasteiger partial charge in [-0.1, -0.05) is 81.7 Å². The number of nitrogens with one attached hydrogen (secondary N) is 11. The summed E-state index contributed by atoms with van der Waals surface area (Å²) in [4.78, 5) is 212. The number of Topliss-reactive ketones (excluding diaryl/α,β-unsaturated/α-hetero) is 3. The number of amides is 11. The molecule has 0 saturated carbocycles. The maximum Gasteiger partial charge on any atom is 0.303 e. The van der Waals surface area contributed by atoms with Gasteiger partial charge in [-0.25, -0.2) is 8.78 Å². The summed E-state index contributed by atoms with van der Waals surface area (Å²) >= 11 is 0. The zero-order valence-corrected chi connectivity index (χ0v) is 65.5. The van der Waals surface area contributed by atoms with Gasteiger partial charge in [-0.3, -0.25) is 67.1 Å². The highest BCUT2D eigenvalue weighted by molar-refractivity contribution is 6.41. The van der Waals surface area contributed by atoms with E-state index < -0.39 is 210 Å². The molecule has 34 heteroatoms. The van der Waals surface area contributed by atoms with Crippen molar-refractivity contribution in [1.82, 2.24) is 58.2 Å². The minimum Gasteiger partial charge on any atom is -0.508 e. The molecule has 4 unspecified atom stereocenters. The highest BCUT2D eigenvalue weighted by atomic mass is 19.2. The molecule has 1 aliphatic rings. The monoisotopic (exact) mass is 1580 g/mol. The summed E-state index contributed by atoms with van der Waals surface area (Å²) in [6.45, 7) is 9.97. The van der Waals surface area contributed by atoms with Crippen molar-refractivity contribution in [2.45, 2.75) is 230 Å². The van der Waals surface area contributed by atoms with Gasteiger partial charge >= 0.3 is 5.97 Å². The second-order valence-electron chi connectivity index (χ2n) is 29.4. The van der Waals surface area contributed by atoms with Crippen molar-refractivity contribution in [2.75, 3.05) is 20.2 Å². The lowest BCUT2D eigenvalue weighted by Gasteiger charge is -2.33. The van der Waals surface area contributed by atoms with Gasteiger partial charge in [-0.2, -0.15) is 0 Å². The molecular weight excluding hydrogens is 1470 g/mol. The highest BCUT2D eigenvalue weighted by Crippen LogP contribution is 2.26. The first-order valence-corrected chi connectivity index (χ1v) is 37.8. The first-order valence-electron chi connectivity index (χ1n) is 37.8. The first kappa shape index (κ1) is 94.5. The molecular formula is C79H112F2N14O18. The van der Waals surface area contributed by atoms with Crippen molar-refractivity contribution in [2.24, 2.45) is 35.0 Å². The number of halogens is 2. The highest BCUT2D eigenvalue weighted by Gasteiger charge is 2.43. The number of aromatic amines is 1. The number of phenolic OH excluding ortho intramolecular Hbond substituents is 1. The third kappa shape index (κ3) is 31.0. The number of carboxylic acid groups (broad SMARTS) is 1. The maximum atomic E-state index is 15.2. The average molecular weight is 1580 g/mol. The smallest absolute Gasteiger partial charge is 0.303 e. The molecule has 32 nitrogen and oxygen atoms in total. The molecule has 1 aliphatic heterocycles. The zero-order valence-electron chi connectivity index (χ0n) is 65.5. The van der Waals surface area contributed by atoms with E-state index >= 15 is 9.59 Å². The number of carboxylic acids is 1. The van der Waals surface area contributed by atoms with Crippen LogP contribution in [0.3, 0.4) is 0 Å². The summed E-state index contributed by atoms with van der Waals surface area (Å²) in [6, 6.07) is 2.83. The largest absolute Gasteiger partial charge is 0.508 e. The lowest BCUT2D eigenvalue weighted by atomic mass is 9.88. The summed E-state index contributed by atoms with van der Waals surface area (Å²) in [6.07, 6.45) is 4.36. The Balaban J connectivity index is 0.0000133. The summed E-state index contributed by atoms with van der Waals surface area (Å²) in [7, 11) is 1.50. The quantitative estimate of drug-likeness (QED) is 0.0316. The molecule has 2 heterocycles. The molecule has 0 saturated heterocycles. The van der Waals surface area contributed by atoms with Crippen LogP contribution in [0.1, 0.15) is 168 Å². The maximum absolute atomic E-state index is 15.2. The van der Waals surface area contributed by atoms with Crippen LogP contribution in [0, 0.1) is 29.4 Å². The molecule has 11 amide bonds. The van der Waals surface area contributed by atoms with Gasteiger partial charge in [0.2, 0.25) is 76.5 Å². The van der Waals surface area contributed by atoms with E-state index in [-0.39, 0.29) is 75.1 Å². The first-order chi connectivity index (χ1) is 53.3. The Bertz CT molecular complexity index is 4020. The third-order valence-corrected chi connectivity index (χ3v) is 19.3. The molecule has 1 aromatic heterocycles. The van der Waals surface area contributed by atoms with Crippen LogP contribution in [-0.4, -0.2) is 188 Å². The zero-order chi connectivity index (χ0) is 84.4. The SMILES string of the molecule is CC(=O)C[C@@H](Cc1ccc(F)c(F)c1)C(=O)N[C@]1(C)CCCCCC/C=C/CCC[C@@](C)(C(=O)NC(CO)C(=O)N[C@@H](C)C(=O)NC(C)C(N)=O)NC(=O)[C@H](CC(C)C)CN[C@@H](CCC(N)=O)C(=O)C(=O)C(C)NC(=O)[C@H](Cc2c[nH]c3ccccc23)NC(=O)C(Cc2ccc(O)cc2)NC(=O)[C@H](CCC(=O)O)NC1=O.CN. The van der Waals surface area contributed by atoms with Crippen molar-refractivity contribution >= 4 is 99.2 Å². The van der Waals surface area contributed by atoms with E-state index in [0.29, 0.717) is 54.1 Å². The lowest BCUT2D eigenvalue weighted by Crippen LogP contribution is -2.63. The summed E-state index contributed by atoms with van der Waals surface area (Å²) < 4.78 is 28.7. The number of rotatable bonds is 26. The number of ketones is 3. The molecule has 0 radical (unpaired) electrons. The number of aliphatic carboxylic acids is 1. The summed E-state index contributed by atoms with van der Waals surface area (Å²) in [5.74, 6) is -19.8. The number of carbonyl (C=O) groups excluding carboxylic acids is 14. The summed E-state index contributed by atoms with van der Waals surface area (Å²) in [5, 5.41) is 57.5. The number of phenols is 1. The number of hydrogen-bond donors (Lipinski definition) is 17. The Morgan fingerprint density at radius 1 is 0.646 bits per heavy atom. The number of allylic oxidation sites excluding steroid dienone is 2. The van der Waals surface area contributed by atoms with Crippen LogP contribution in [0.15, 0.2) is 85.1 Å². The van der Waals surface area contributed by atoms with Crippen molar-refractivity contribution < 1.29 is 96.0 Å². The van der Waals surface area contributed by atoms with Crippen LogP contribution in [0.2, 0.25) is 0 Å². The normalized spacial score (nSPS) is 22.6.